The number of hydrogen-bond acceptors (Lipinski definition) is 4. The summed E-state index contributed by atoms with van der Waals surface area (Å²) in [5.74, 6) is -1.29. The molecule has 7 nitrogen and oxygen atoms in total. The zero-order valence-electron chi connectivity index (χ0n) is 19.6. The van der Waals surface area contributed by atoms with Crippen molar-refractivity contribution in [3.63, 3.8) is 0 Å². The third-order valence-corrected chi connectivity index (χ3v) is 5.27. The van der Waals surface area contributed by atoms with Gasteiger partial charge in [0.05, 0.1) is 17.8 Å². The van der Waals surface area contributed by atoms with Gasteiger partial charge < -0.3 is 15.5 Å². The number of halogens is 4. The van der Waals surface area contributed by atoms with Crippen LogP contribution in [0.3, 0.4) is 0 Å². The van der Waals surface area contributed by atoms with Crippen LogP contribution in [0.25, 0.3) is 0 Å². The van der Waals surface area contributed by atoms with Gasteiger partial charge in [0, 0.05) is 37.4 Å². The van der Waals surface area contributed by atoms with Gasteiger partial charge in [0.15, 0.2) is 5.69 Å². The number of aromatic nitrogens is 2. The Bertz CT molecular complexity index is 1130. The van der Waals surface area contributed by atoms with Gasteiger partial charge in [0.2, 0.25) is 0 Å². The van der Waals surface area contributed by atoms with Gasteiger partial charge in [-0.1, -0.05) is 23.7 Å². The lowest BCUT2D eigenvalue weighted by atomic mass is 10.0. The second-order valence-corrected chi connectivity index (χ2v) is 8.32. The summed E-state index contributed by atoms with van der Waals surface area (Å²) in [6.45, 7) is 8.91. The Morgan fingerprint density at radius 2 is 1.88 bits per heavy atom. The molecular formula is C23H27ClF3N5O2. The molecule has 1 aromatic carbocycles. The van der Waals surface area contributed by atoms with Crippen LogP contribution in [0, 0.1) is 13.8 Å². The van der Waals surface area contributed by atoms with Crippen molar-refractivity contribution >= 4 is 29.1 Å². The molecule has 0 saturated carbocycles. The Morgan fingerprint density at radius 1 is 1.24 bits per heavy atom. The molecule has 2 aromatic rings. The fourth-order valence-corrected chi connectivity index (χ4v) is 3.63. The molecule has 0 atom stereocenters. The maximum Gasteiger partial charge on any atom is 0.435 e. The van der Waals surface area contributed by atoms with E-state index in [9.17, 15) is 22.8 Å². The Hall–Kier alpha value is -3.27. The van der Waals surface area contributed by atoms with E-state index in [0.717, 1.165) is 10.2 Å². The Morgan fingerprint density at radius 3 is 2.41 bits per heavy atom. The van der Waals surface area contributed by atoms with E-state index in [1.54, 1.807) is 50.9 Å². The molecule has 2 rings (SSSR count). The minimum absolute atomic E-state index is 0.187. The van der Waals surface area contributed by atoms with E-state index in [2.05, 4.69) is 22.3 Å². The highest BCUT2D eigenvalue weighted by molar-refractivity contribution is 6.29. The molecule has 1 heterocycles. The van der Waals surface area contributed by atoms with Crippen molar-refractivity contribution < 1.29 is 22.8 Å². The zero-order valence-corrected chi connectivity index (χ0v) is 20.4. The number of rotatable bonds is 8. The molecule has 0 bridgehead atoms. The van der Waals surface area contributed by atoms with Gasteiger partial charge in [-0.2, -0.15) is 18.3 Å². The lowest BCUT2D eigenvalue weighted by Crippen LogP contribution is -2.26. The van der Waals surface area contributed by atoms with Crippen molar-refractivity contribution in [2.24, 2.45) is 0 Å². The second-order valence-electron chi connectivity index (χ2n) is 7.76. The highest BCUT2D eigenvalue weighted by atomic mass is 35.5. The van der Waals surface area contributed by atoms with E-state index in [1.807, 2.05) is 0 Å². The monoisotopic (exact) mass is 497 g/mol. The lowest BCUT2D eigenvalue weighted by molar-refractivity contribution is -0.141. The van der Waals surface area contributed by atoms with Crippen molar-refractivity contribution in [3.8, 4) is 0 Å². The van der Waals surface area contributed by atoms with E-state index in [-0.39, 0.29) is 23.5 Å². The Kier molecular flexibility index (Phi) is 8.55. The summed E-state index contributed by atoms with van der Waals surface area (Å²) in [5, 5.41) is 9.04. The number of benzene rings is 1. The minimum Gasteiger partial charge on any atom is -0.372 e. The number of carbonyl (C=O) groups excluding carboxylic acids is 2. The number of alkyl halides is 3. The van der Waals surface area contributed by atoms with Crippen LogP contribution in [0.1, 0.15) is 44.6 Å². The number of amides is 2. The first-order chi connectivity index (χ1) is 15.8. The smallest absolute Gasteiger partial charge is 0.372 e. The van der Waals surface area contributed by atoms with Crippen molar-refractivity contribution in [1.82, 2.24) is 20.0 Å². The van der Waals surface area contributed by atoms with Crippen molar-refractivity contribution in [1.29, 1.82) is 0 Å². The number of anilines is 1. The van der Waals surface area contributed by atoms with E-state index in [4.69, 9.17) is 11.6 Å². The topological polar surface area (TPSA) is 79.3 Å². The number of aryl methyl sites for hydroxylation is 2. The molecule has 0 aliphatic rings. The number of nitrogens with zero attached hydrogens (tertiary/aromatic N) is 3. The number of nitrogens with one attached hydrogen (secondary N) is 2. The standard InChI is InChI=1S/C23H27ClF3N5O2/c1-7-8-31(6)18(15(4)24)12-32-17(11-19(30-32)23(25,26)27)22(34)29-20-14(3)9-13(2)10-16(20)21(33)28-5/h7,9-11H,1,8,12H2,2-6H3,(H,28,33)(H,29,34)/b18-15+. The molecule has 2 amide bonds. The average molecular weight is 498 g/mol. The molecule has 0 aliphatic carbocycles. The predicted octanol–water partition coefficient (Wildman–Crippen LogP) is 4.72. The van der Waals surface area contributed by atoms with Gasteiger partial charge in [-0.25, -0.2) is 0 Å². The normalized spacial score (nSPS) is 12.1. The van der Waals surface area contributed by atoms with Crippen molar-refractivity contribution in [3.05, 3.63) is 69.7 Å². The molecule has 11 heteroatoms. The van der Waals surface area contributed by atoms with Crippen LogP contribution in [-0.2, 0) is 12.7 Å². The van der Waals surface area contributed by atoms with Crippen LogP contribution in [0.15, 0.2) is 41.6 Å². The molecule has 2 N–H and O–H groups in total. The maximum atomic E-state index is 13.4. The van der Waals surface area contributed by atoms with Crippen LogP contribution in [0.2, 0.25) is 0 Å². The SMILES string of the molecule is C=CCN(C)/C(Cn1nc(C(F)(F)F)cc1C(=O)Nc1c(C)cc(C)cc1C(=O)NC)=C(\C)Cl. The fraction of sp³-hybridized carbons (Fsp3) is 0.348. The first kappa shape index (κ1) is 27.0. The second kappa shape index (κ2) is 10.8. The third-order valence-electron chi connectivity index (χ3n) is 5.05. The molecule has 34 heavy (non-hydrogen) atoms. The summed E-state index contributed by atoms with van der Waals surface area (Å²) in [7, 11) is 3.14. The van der Waals surface area contributed by atoms with Gasteiger partial charge in [0.25, 0.3) is 11.8 Å². The van der Waals surface area contributed by atoms with Gasteiger partial charge in [-0.15, -0.1) is 6.58 Å². The lowest BCUT2D eigenvalue weighted by Gasteiger charge is -2.23. The quantitative estimate of drug-likeness (QED) is 0.517. The molecule has 0 fully saturated rings. The van der Waals surface area contributed by atoms with E-state index in [1.165, 1.54) is 7.05 Å². The summed E-state index contributed by atoms with van der Waals surface area (Å²) in [5.41, 5.74) is 0.668. The molecule has 0 aliphatic heterocycles. The molecule has 184 valence electrons. The molecule has 1 aromatic heterocycles. The number of allylic oxidation sites excluding steroid dienone is 2. The fourth-order valence-electron chi connectivity index (χ4n) is 3.42. The molecule has 0 spiro atoms. The van der Waals surface area contributed by atoms with E-state index < -0.39 is 23.7 Å². The average Bonchev–Trinajstić information content (AvgIpc) is 3.17. The van der Waals surface area contributed by atoms with E-state index >= 15 is 0 Å². The summed E-state index contributed by atoms with van der Waals surface area (Å²) < 4.78 is 41.3. The van der Waals surface area contributed by atoms with Gasteiger partial charge in [-0.3, -0.25) is 14.3 Å². The predicted molar refractivity (Wildman–Crippen MR) is 126 cm³/mol. The number of carbonyl (C=O) groups is 2. The maximum absolute atomic E-state index is 13.4. The highest BCUT2D eigenvalue weighted by Gasteiger charge is 2.36. The number of hydrogen-bond donors (Lipinski definition) is 2. The van der Waals surface area contributed by atoms with Crippen molar-refractivity contribution in [2.75, 3.05) is 26.0 Å². The number of likely N-dealkylation sites (N-methyl/N-ethyl adjacent to an activating group) is 1. The Balaban J connectivity index is 2.56. The summed E-state index contributed by atoms with van der Waals surface area (Å²) in [6.07, 6.45) is -3.15. The first-order valence-corrected chi connectivity index (χ1v) is 10.6. The molecule has 0 unspecified atom stereocenters. The summed E-state index contributed by atoms with van der Waals surface area (Å²) >= 11 is 6.19. The minimum atomic E-state index is -4.76. The van der Waals surface area contributed by atoms with Crippen molar-refractivity contribution in [2.45, 2.75) is 33.5 Å². The van der Waals surface area contributed by atoms with Crippen LogP contribution in [0.5, 0.6) is 0 Å². The van der Waals surface area contributed by atoms with Gasteiger partial charge in [0.1, 0.15) is 5.69 Å². The molecule has 0 saturated heterocycles. The van der Waals surface area contributed by atoms with Gasteiger partial charge >= 0.3 is 6.18 Å². The molecule has 0 radical (unpaired) electrons. The summed E-state index contributed by atoms with van der Waals surface area (Å²) in [6, 6.07) is 4.01. The van der Waals surface area contributed by atoms with Crippen LogP contribution < -0.4 is 10.6 Å². The zero-order chi connectivity index (χ0) is 25.8. The Labute approximate surface area is 201 Å². The van der Waals surface area contributed by atoms with Crippen LogP contribution >= 0.6 is 11.6 Å². The third kappa shape index (κ3) is 6.19. The largest absolute Gasteiger partial charge is 0.435 e. The van der Waals surface area contributed by atoms with Crippen LogP contribution in [0.4, 0.5) is 18.9 Å². The summed E-state index contributed by atoms with van der Waals surface area (Å²) in [4.78, 5) is 27.2. The van der Waals surface area contributed by atoms with Crippen LogP contribution in [-0.4, -0.2) is 47.1 Å². The van der Waals surface area contributed by atoms with E-state index in [0.29, 0.717) is 28.9 Å². The molecular weight excluding hydrogens is 471 g/mol. The first-order valence-electron chi connectivity index (χ1n) is 10.3. The highest BCUT2D eigenvalue weighted by Crippen LogP contribution is 2.30. The van der Waals surface area contributed by atoms with Gasteiger partial charge in [-0.05, 0) is 38.0 Å².